The van der Waals surface area contributed by atoms with Crippen molar-refractivity contribution >= 4 is 43.9 Å². The predicted molar refractivity (Wildman–Crippen MR) is 116 cm³/mol. The summed E-state index contributed by atoms with van der Waals surface area (Å²) in [7, 11) is -3.33. The lowest BCUT2D eigenvalue weighted by Gasteiger charge is -2.32. The Morgan fingerprint density at radius 3 is 2.75 bits per heavy atom. The lowest BCUT2D eigenvalue weighted by atomic mass is 9.99. The fourth-order valence-corrected chi connectivity index (χ4v) is 4.66. The van der Waals surface area contributed by atoms with Crippen molar-refractivity contribution in [3.63, 3.8) is 0 Å². The van der Waals surface area contributed by atoms with Gasteiger partial charge in [0.05, 0.1) is 34.7 Å². The SMILES string of the molecule is Cc1c(Cl)c(CN2CCCc3c(NS(C)(=O)=O)cccc32)nc2ccccc12. The summed E-state index contributed by atoms with van der Waals surface area (Å²) in [6.07, 6.45) is 2.95. The maximum atomic E-state index is 11.7. The average Bonchev–Trinajstić information content (AvgIpc) is 2.65. The molecule has 0 saturated carbocycles. The third-order valence-electron chi connectivity index (χ3n) is 5.13. The second-order valence-electron chi connectivity index (χ2n) is 7.22. The van der Waals surface area contributed by atoms with E-state index in [0.717, 1.165) is 52.8 Å². The molecule has 0 fully saturated rings. The van der Waals surface area contributed by atoms with Gasteiger partial charge in [-0.2, -0.15) is 0 Å². The van der Waals surface area contributed by atoms with Crippen LogP contribution in [0.5, 0.6) is 0 Å². The van der Waals surface area contributed by atoms with E-state index in [1.165, 1.54) is 6.26 Å². The summed E-state index contributed by atoms with van der Waals surface area (Å²) in [6, 6.07) is 13.7. The van der Waals surface area contributed by atoms with Crippen molar-refractivity contribution in [2.45, 2.75) is 26.3 Å². The zero-order valence-electron chi connectivity index (χ0n) is 15.9. The van der Waals surface area contributed by atoms with Gasteiger partial charge in [0.15, 0.2) is 0 Å². The van der Waals surface area contributed by atoms with Gasteiger partial charge in [0, 0.05) is 17.6 Å². The minimum absolute atomic E-state index is 0.583. The fourth-order valence-electron chi connectivity index (χ4n) is 3.86. The summed E-state index contributed by atoms with van der Waals surface area (Å²) in [5.41, 5.74) is 5.51. The standard InChI is InChI=1S/C21H22ClN3O2S/c1-14-15-7-3-4-9-17(15)23-19(21(14)22)13-25-12-6-8-16-18(24-28(2,26)27)10-5-11-20(16)25/h3-5,7,9-11,24H,6,8,12-13H2,1-2H3. The van der Waals surface area contributed by atoms with E-state index in [2.05, 4.69) is 9.62 Å². The molecule has 0 unspecified atom stereocenters. The van der Waals surface area contributed by atoms with Crippen LogP contribution in [-0.2, 0) is 23.0 Å². The highest BCUT2D eigenvalue weighted by molar-refractivity contribution is 7.92. The number of pyridine rings is 1. The lowest BCUT2D eigenvalue weighted by molar-refractivity contribution is 0.606. The van der Waals surface area contributed by atoms with E-state index in [1.54, 1.807) is 0 Å². The zero-order chi connectivity index (χ0) is 19.9. The number of benzene rings is 2. The number of anilines is 2. The minimum Gasteiger partial charge on any atom is -0.365 e. The van der Waals surface area contributed by atoms with Crippen molar-refractivity contribution < 1.29 is 8.42 Å². The molecule has 2 aromatic carbocycles. The van der Waals surface area contributed by atoms with Crippen LogP contribution in [0.2, 0.25) is 5.02 Å². The first kappa shape index (κ1) is 19.0. The molecule has 0 spiro atoms. The van der Waals surface area contributed by atoms with E-state index in [0.29, 0.717) is 17.3 Å². The molecule has 0 radical (unpaired) electrons. The van der Waals surface area contributed by atoms with E-state index in [9.17, 15) is 8.42 Å². The van der Waals surface area contributed by atoms with E-state index < -0.39 is 10.0 Å². The van der Waals surface area contributed by atoms with Gasteiger partial charge in [0.2, 0.25) is 10.0 Å². The monoisotopic (exact) mass is 415 g/mol. The summed E-state index contributed by atoms with van der Waals surface area (Å²) in [5, 5.41) is 1.76. The van der Waals surface area contributed by atoms with Crippen LogP contribution in [0, 0.1) is 6.92 Å². The Balaban J connectivity index is 1.73. The molecule has 0 aliphatic carbocycles. The van der Waals surface area contributed by atoms with Gasteiger partial charge < -0.3 is 4.90 Å². The van der Waals surface area contributed by atoms with E-state index in [-0.39, 0.29) is 0 Å². The molecule has 2 heterocycles. The fraction of sp³-hybridized carbons (Fsp3) is 0.286. The molecular formula is C21H22ClN3O2S. The Labute approximate surface area is 170 Å². The van der Waals surface area contributed by atoms with Gasteiger partial charge in [-0.05, 0) is 49.1 Å². The first-order chi connectivity index (χ1) is 13.3. The van der Waals surface area contributed by atoms with Crippen molar-refractivity contribution in [1.29, 1.82) is 0 Å². The van der Waals surface area contributed by atoms with Crippen LogP contribution in [0.4, 0.5) is 11.4 Å². The third kappa shape index (κ3) is 3.66. The number of nitrogens with one attached hydrogen (secondary N) is 1. The van der Waals surface area contributed by atoms with E-state index in [4.69, 9.17) is 16.6 Å². The number of hydrogen-bond donors (Lipinski definition) is 1. The van der Waals surface area contributed by atoms with E-state index >= 15 is 0 Å². The normalized spacial score (nSPS) is 14.2. The molecule has 0 amide bonds. The number of halogens is 1. The molecule has 3 aromatic rings. The molecule has 1 aromatic heterocycles. The Hall–Kier alpha value is -2.31. The van der Waals surface area contributed by atoms with Gasteiger partial charge in [-0.15, -0.1) is 0 Å². The lowest BCUT2D eigenvalue weighted by Crippen LogP contribution is -2.30. The molecule has 1 aliphatic heterocycles. The molecule has 1 aliphatic rings. The van der Waals surface area contributed by atoms with Crippen LogP contribution in [0.1, 0.15) is 23.2 Å². The second kappa shape index (κ2) is 7.26. The molecule has 146 valence electrons. The summed E-state index contributed by atoms with van der Waals surface area (Å²) in [4.78, 5) is 7.03. The Morgan fingerprint density at radius 1 is 1.18 bits per heavy atom. The van der Waals surface area contributed by atoms with Crippen molar-refractivity contribution in [2.75, 3.05) is 22.4 Å². The van der Waals surface area contributed by atoms with Crippen LogP contribution < -0.4 is 9.62 Å². The van der Waals surface area contributed by atoms with Crippen LogP contribution >= 0.6 is 11.6 Å². The van der Waals surface area contributed by atoms with Gasteiger partial charge >= 0.3 is 0 Å². The van der Waals surface area contributed by atoms with Gasteiger partial charge in [-0.1, -0.05) is 35.9 Å². The molecule has 1 N–H and O–H groups in total. The molecule has 0 saturated heterocycles. The number of rotatable bonds is 4. The number of nitrogens with zero attached hydrogens (tertiary/aromatic N) is 2. The molecule has 5 nitrogen and oxygen atoms in total. The average molecular weight is 416 g/mol. The number of aryl methyl sites for hydroxylation is 1. The van der Waals surface area contributed by atoms with Crippen LogP contribution in [-0.4, -0.2) is 26.2 Å². The molecule has 7 heteroatoms. The number of aromatic nitrogens is 1. The highest BCUT2D eigenvalue weighted by atomic mass is 35.5. The first-order valence-electron chi connectivity index (χ1n) is 9.22. The molecule has 0 bridgehead atoms. The molecule has 28 heavy (non-hydrogen) atoms. The highest BCUT2D eigenvalue weighted by Gasteiger charge is 2.22. The predicted octanol–water partition coefficient (Wildman–Crippen LogP) is 4.52. The van der Waals surface area contributed by atoms with Gasteiger partial charge in [0.25, 0.3) is 0 Å². The summed E-state index contributed by atoms with van der Waals surface area (Å²) in [6.45, 7) is 3.48. The van der Waals surface area contributed by atoms with E-state index in [1.807, 2.05) is 49.4 Å². The molecule has 4 rings (SSSR count). The number of fused-ring (bicyclic) bond motifs is 2. The molecular weight excluding hydrogens is 394 g/mol. The number of hydrogen-bond acceptors (Lipinski definition) is 4. The molecule has 0 atom stereocenters. The Morgan fingerprint density at radius 2 is 1.96 bits per heavy atom. The van der Waals surface area contributed by atoms with Crippen molar-refractivity contribution in [3.05, 3.63) is 64.3 Å². The first-order valence-corrected chi connectivity index (χ1v) is 11.5. The van der Waals surface area contributed by atoms with Crippen molar-refractivity contribution in [1.82, 2.24) is 4.98 Å². The summed E-state index contributed by atoms with van der Waals surface area (Å²) < 4.78 is 26.1. The third-order valence-corrected chi connectivity index (χ3v) is 6.22. The largest absolute Gasteiger partial charge is 0.365 e. The highest BCUT2D eigenvalue weighted by Crippen LogP contribution is 2.35. The van der Waals surface area contributed by atoms with Crippen LogP contribution in [0.25, 0.3) is 10.9 Å². The zero-order valence-corrected chi connectivity index (χ0v) is 17.4. The van der Waals surface area contributed by atoms with Gasteiger partial charge in [0.1, 0.15) is 0 Å². The maximum Gasteiger partial charge on any atom is 0.229 e. The quantitative estimate of drug-likeness (QED) is 0.680. The van der Waals surface area contributed by atoms with Crippen molar-refractivity contribution in [2.24, 2.45) is 0 Å². The second-order valence-corrected chi connectivity index (χ2v) is 9.34. The Kier molecular flexibility index (Phi) is 4.93. The number of para-hydroxylation sites is 1. The smallest absolute Gasteiger partial charge is 0.229 e. The summed E-state index contributed by atoms with van der Waals surface area (Å²) in [5.74, 6) is 0. The number of sulfonamides is 1. The van der Waals surface area contributed by atoms with Gasteiger partial charge in [-0.3, -0.25) is 4.72 Å². The minimum atomic E-state index is -3.33. The summed E-state index contributed by atoms with van der Waals surface area (Å²) >= 11 is 6.66. The Bertz CT molecular complexity index is 1160. The van der Waals surface area contributed by atoms with Crippen molar-refractivity contribution in [3.8, 4) is 0 Å². The topological polar surface area (TPSA) is 62.3 Å². The van der Waals surface area contributed by atoms with Crippen LogP contribution in [0.3, 0.4) is 0 Å². The van der Waals surface area contributed by atoms with Crippen LogP contribution in [0.15, 0.2) is 42.5 Å². The maximum absolute atomic E-state index is 11.7. The van der Waals surface area contributed by atoms with Gasteiger partial charge in [-0.25, -0.2) is 13.4 Å².